The monoisotopic (exact) mass is 256 g/mol. The van der Waals surface area contributed by atoms with Crippen molar-refractivity contribution in [2.75, 3.05) is 53.4 Å². The Morgan fingerprint density at radius 2 is 1.94 bits per heavy atom. The lowest BCUT2D eigenvalue weighted by atomic mass is 9.96. The summed E-state index contributed by atoms with van der Waals surface area (Å²) < 4.78 is 0. The molecule has 1 amide bonds. The SMILES string of the molecule is CN(C)CCNC(=O)CC(C)(C)N1CCNCC1. The van der Waals surface area contributed by atoms with Crippen molar-refractivity contribution in [3.8, 4) is 0 Å². The summed E-state index contributed by atoms with van der Waals surface area (Å²) >= 11 is 0. The molecule has 5 heteroatoms. The maximum Gasteiger partial charge on any atom is 0.221 e. The molecule has 0 radical (unpaired) electrons. The third-order valence-corrected chi connectivity index (χ3v) is 3.45. The molecule has 1 heterocycles. The van der Waals surface area contributed by atoms with E-state index in [2.05, 4.69) is 34.3 Å². The number of nitrogens with one attached hydrogen (secondary N) is 2. The molecule has 0 unspecified atom stereocenters. The highest BCUT2D eigenvalue weighted by atomic mass is 16.1. The predicted molar refractivity (Wildman–Crippen MR) is 74.7 cm³/mol. The molecule has 1 aliphatic rings. The summed E-state index contributed by atoms with van der Waals surface area (Å²) in [4.78, 5) is 16.4. The quantitative estimate of drug-likeness (QED) is 0.687. The Morgan fingerprint density at radius 3 is 2.50 bits per heavy atom. The van der Waals surface area contributed by atoms with Gasteiger partial charge in [0.15, 0.2) is 0 Å². The van der Waals surface area contributed by atoms with Crippen molar-refractivity contribution in [1.82, 2.24) is 20.4 Å². The number of nitrogens with zero attached hydrogens (tertiary/aromatic N) is 2. The van der Waals surface area contributed by atoms with Crippen LogP contribution in [0.2, 0.25) is 0 Å². The number of hydrogen-bond acceptors (Lipinski definition) is 4. The molecule has 2 N–H and O–H groups in total. The van der Waals surface area contributed by atoms with Gasteiger partial charge in [0.2, 0.25) is 5.91 Å². The average molecular weight is 256 g/mol. The summed E-state index contributed by atoms with van der Waals surface area (Å²) in [6.45, 7) is 10.0. The zero-order valence-electron chi connectivity index (χ0n) is 12.3. The zero-order valence-corrected chi connectivity index (χ0v) is 12.3. The van der Waals surface area contributed by atoms with Crippen molar-refractivity contribution >= 4 is 5.91 Å². The molecular weight excluding hydrogens is 228 g/mol. The number of piperazine rings is 1. The third kappa shape index (κ3) is 5.33. The van der Waals surface area contributed by atoms with Gasteiger partial charge in [0.1, 0.15) is 0 Å². The van der Waals surface area contributed by atoms with Gasteiger partial charge in [-0.3, -0.25) is 9.69 Å². The number of amides is 1. The fourth-order valence-electron chi connectivity index (χ4n) is 2.26. The van der Waals surface area contributed by atoms with Gasteiger partial charge in [-0.1, -0.05) is 0 Å². The molecule has 0 atom stereocenters. The minimum atomic E-state index is -0.0513. The van der Waals surface area contributed by atoms with Crippen LogP contribution in [0.5, 0.6) is 0 Å². The van der Waals surface area contributed by atoms with Crippen LogP contribution in [0.25, 0.3) is 0 Å². The first-order valence-electron chi connectivity index (χ1n) is 6.79. The van der Waals surface area contributed by atoms with Crippen molar-refractivity contribution in [2.24, 2.45) is 0 Å². The Bertz CT molecular complexity index is 260. The van der Waals surface area contributed by atoms with Crippen LogP contribution in [0.3, 0.4) is 0 Å². The van der Waals surface area contributed by atoms with Gasteiger partial charge in [-0.2, -0.15) is 0 Å². The highest BCUT2D eigenvalue weighted by molar-refractivity contribution is 5.77. The molecule has 106 valence electrons. The van der Waals surface area contributed by atoms with Crippen LogP contribution in [0, 0.1) is 0 Å². The van der Waals surface area contributed by atoms with Gasteiger partial charge < -0.3 is 15.5 Å². The van der Waals surface area contributed by atoms with E-state index < -0.39 is 0 Å². The van der Waals surface area contributed by atoms with E-state index in [1.54, 1.807) is 0 Å². The van der Waals surface area contributed by atoms with Crippen molar-refractivity contribution in [2.45, 2.75) is 25.8 Å². The molecule has 18 heavy (non-hydrogen) atoms. The molecule has 0 bridgehead atoms. The van der Waals surface area contributed by atoms with Gasteiger partial charge in [0.05, 0.1) is 0 Å². The summed E-state index contributed by atoms with van der Waals surface area (Å²) in [6, 6.07) is 0. The molecule has 1 rings (SSSR count). The van der Waals surface area contributed by atoms with Gasteiger partial charge in [-0.25, -0.2) is 0 Å². The average Bonchev–Trinajstić information content (AvgIpc) is 2.29. The molecule has 0 saturated carbocycles. The van der Waals surface area contributed by atoms with E-state index in [-0.39, 0.29) is 11.4 Å². The van der Waals surface area contributed by atoms with Crippen molar-refractivity contribution < 1.29 is 4.79 Å². The Morgan fingerprint density at radius 1 is 1.33 bits per heavy atom. The maximum absolute atomic E-state index is 11.9. The van der Waals surface area contributed by atoms with Crippen LogP contribution < -0.4 is 10.6 Å². The van der Waals surface area contributed by atoms with E-state index in [1.807, 2.05) is 14.1 Å². The van der Waals surface area contributed by atoms with Crippen molar-refractivity contribution in [1.29, 1.82) is 0 Å². The van der Waals surface area contributed by atoms with Crippen LogP contribution in [-0.4, -0.2) is 74.6 Å². The normalized spacial score (nSPS) is 18.1. The molecule has 0 aromatic rings. The van der Waals surface area contributed by atoms with E-state index in [0.717, 1.165) is 39.3 Å². The highest BCUT2D eigenvalue weighted by Gasteiger charge is 2.29. The van der Waals surface area contributed by atoms with Crippen LogP contribution in [-0.2, 0) is 4.79 Å². The number of carbonyl (C=O) groups is 1. The van der Waals surface area contributed by atoms with Gasteiger partial charge in [0.25, 0.3) is 0 Å². The van der Waals surface area contributed by atoms with Gasteiger partial charge in [-0.05, 0) is 27.9 Å². The van der Waals surface area contributed by atoms with Crippen molar-refractivity contribution in [3.63, 3.8) is 0 Å². The second-order valence-electron chi connectivity index (χ2n) is 5.88. The Balaban J connectivity index is 2.32. The second-order valence-corrected chi connectivity index (χ2v) is 5.88. The Kier molecular flexibility index (Phi) is 6.05. The zero-order chi connectivity index (χ0) is 13.6. The largest absolute Gasteiger partial charge is 0.355 e. The highest BCUT2D eigenvalue weighted by Crippen LogP contribution is 2.19. The lowest BCUT2D eigenvalue weighted by Crippen LogP contribution is -2.55. The number of rotatable bonds is 6. The third-order valence-electron chi connectivity index (χ3n) is 3.45. The smallest absolute Gasteiger partial charge is 0.221 e. The number of likely N-dealkylation sites (N-methyl/N-ethyl adjacent to an activating group) is 1. The first-order valence-corrected chi connectivity index (χ1v) is 6.79. The second kappa shape index (κ2) is 7.07. The van der Waals surface area contributed by atoms with E-state index in [0.29, 0.717) is 6.42 Å². The van der Waals surface area contributed by atoms with Gasteiger partial charge in [0, 0.05) is 51.2 Å². The topological polar surface area (TPSA) is 47.6 Å². The fraction of sp³-hybridized carbons (Fsp3) is 0.923. The Labute approximate surface area is 111 Å². The molecular formula is C13H28N4O. The first kappa shape index (κ1) is 15.4. The maximum atomic E-state index is 11.9. The molecule has 0 spiro atoms. The standard InChI is InChI=1S/C13H28N4O/c1-13(2,17-9-5-14-6-10-17)11-12(18)15-7-8-16(3)4/h14H,5-11H2,1-4H3,(H,15,18). The molecule has 0 aromatic heterocycles. The molecule has 5 nitrogen and oxygen atoms in total. The molecule has 0 aliphatic carbocycles. The summed E-state index contributed by atoms with van der Waals surface area (Å²) in [5.41, 5.74) is -0.0513. The van der Waals surface area contributed by atoms with E-state index >= 15 is 0 Å². The van der Waals surface area contributed by atoms with Gasteiger partial charge in [-0.15, -0.1) is 0 Å². The predicted octanol–water partition coefficient (Wildman–Crippen LogP) is -0.262. The summed E-state index contributed by atoms with van der Waals surface area (Å²) in [5, 5.41) is 6.33. The molecule has 1 fully saturated rings. The van der Waals surface area contributed by atoms with Gasteiger partial charge >= 0.3 is 0 Å². The fourth-order valence-corrected chi connectivity index (χ4v) is 2.26. The van der Waals surface area contributed by atoms with E-state index in [4.69, 9.17) is 0 Å². The first-order chi connectivity index (χ1) is 8.42. The summed E-state index contributed by atoms with van der Waals surface area (Å²) in [5.74, 6) is 0.153. The Hall–Kier alpha value is -0.650. The summed E-state index contributed by atoms with van der Waals surface area (Å²) in [6.07, 6.45) is 0.570. The van der Waals surface area contributed by atoms with Crippen LogP contribution in [0.4, 0.5) is 0 Å². The minimum absolute atomic E-state index is 0.0513. The summed E-state index contributed by atoms with van der Waals surface area (Å²) in [7, 11) is 4.02. The minimum Gasteiger partial charge on any atom is -0.355 e. The van der Waals surface area contributed by atoms with Crippen molar-refractivity contribution in [3.05, 3.63) is 0 Å². The lowest BCUT2D eigenvalue weighted by Gasteiger charge is -2.40. The lowest BCUT2D eigenvalue weighted by molar-refractivity contribution is -0.123. The van der Waals surface area contributed by atoms with Crippen LogP contribution in [0.15, 0.2) is 0 Å². The molecule has 0 aromatic carbocycles. The van der Waals surface area contributed by atoms with E-state index in [9.17, 15) is 4.79 Å². The number of hydrogen-bond donors (Lipinski definition) is 2. The molecule has 1 aliphatic heterocycles. The van der Waals surface area contributed by atoms with E-state index in [1.165, 1.54) is 0 Å². The molecule has 1 saturated heterocycles. The number of carbonyl (C=O) groups excluding carboxylic acids is 1. The van der Waals surface area contributed by atoms with Crippen LogP contribution in [0.1, 0.15) is 20.3 Å². The van der Waals surface area contributed by atoms with Crippen LogP contribution >= 0.6 is 0 Å².